The third kappa shape index (κ3) is 3.63. The summed E-state index contributed by atoms with van der Waals surface area (Å²) in [5.74, 6) is 0.365. The average Bonchev–Trinajstić information content (AvgIpc) is 3.51. The normalized spacial score (nSPS) is 13.7. The van der Waals surface area contributed by atoms with Crippen LogP contribution in [-0.4, -0.2) is 29.8 Å². The van der Waals surface area contributed by atoms with Crippen molar-refractivity contribution in [3.05, 3.63) is 59.5 Å². The molecule has 3 amide bonds. The average molecular weight is 447 g/mol. The number of fused-ring (bicyclic) bond motifs is 1. The number of nitrogens with zero attached hydrogens (tertiary/aromatic N) is 2. The minimum atomic E-state index is -0.388. The summed E-state index contributed by atoms with van der Waals surface area (Å²) in [5.41, 5.74) is 1.99. The zero-order valence-electron chi connectivity index (χ0n) is 17.0. The summed E-state index contributed by atoms with van der Waals surface area (Å²) in [6.45, 7) is 0. The molecule has 8 nitrogen and oxygen atoms in total. The molecule has 0 atom stereocenters. The number of thiazole rings is 1. The number of benzene rings is 2. The summed E-state index contributed by atoms with van der Waals surface area (Å²) in [5, 5.41) is 5.88. The van der Waals surface area contributed by atoms with E-state index in [1.807, 2.05) is 18.2 Å². The molecule has 1 saturated heterocycles. The van der Waals surface area contributed by atoms with Gasteiger partial charge in [-0.25, -0.2) is 4.98 Å². The van der Waals surface area contributed by atoms with Crippen LogP contribution in [0.15, 0.2) is 58.3 Å². The molecule has 2 aromatic carbocycles. The Hall–Kier alpha value is -3.98. The topological polar surface area (TPSA) is 102 Å². The van der Waals surface area contributed by atoms with Crippen molar-refractivity contribution in [1.29, 1.82) is 0 Å². The number of hydrogen-bond donors (Lipinski definition) is 1. The van der Waals surface area contributed by atoms with E-state index in [0.29, 0.717) is 39.2 Å². The second kappa shape index (κ2) is 7.93. The standard InChI is InChI=1S/C23H17N3O5S/c1-30-16-6-5-13-10-19(31-18(13)11-16)17-12-32-23(24-17)25-22(29)14-3-2-4-15(9-14)26-20(27)7-8-21(26)28/h2-6,9-12H,7-8H2,1H3,(H,24,25,29). The van der Waals surface area contributed by atoms with E-state index in [1.165, 1.54) is 17.4 Å². The monoisotopic (exact) mass is 447 g/mol. The summed E-state index contributed by atoms with van der Waals surface area (Å²) < 4.78 is 11.1. The Morgan fingerprint density at radius 1 is 1.12 bits per heavy atom. The van der Waals surface area contributed by atoms with Gasteiger partial charge in [-0.3, -0.25) is 24.6 Å². The molecule has 0 saturated carbocycles. The Morgan fingerprint density at radius 3 is 2.72 bits per heavy atom. The van der Waals surface area contributed by atoms with Crippen molar-refractivity contribution >= 4 is 50.8 Å². The highest BCUT2D eigenvalue weighted by atomic mass is 32.1. The van der Waals surface area contributed by atoms with E-state index in [1.54, 1.807) is 36.8 Å². The predicted molar refractivity (Wildman–Crippen MR) is 120 cm³/mol. The largest absolute Gasteiger partial charge is 0.497 e. The van der Waals surface area contributed by atoms with Crippen molar-refractivity contribution < 1.29 is 23.5 Å². The fourth-order valence-corrected chi connectivity index (χ4v) is 4.22. The predicted octanol–water partition coefficient (Wildman–Crippen LogP) is 4.47. The quantitative estimate of drug-likeness (QED) is 0.453. The Balaban J connectivity index is 1.35. The van der Waals surface area contributed by atoms with Gasteiger partial charge in [-0.1, -0.05) is 6.07 Å². The summed E-state index contributed by atoms with van der Waals surface area (Å²) >= 11 is 1.27. The van der Waals surface area contributed by atoms with Crippen LogP contribution in [0.2, 0.25) is 0 Å². The van der Waals surface area contributed by atoms with Gasteiger partial charge in [0, 0.05) is 35.2 Å². The van der Waals surface area contributed by atoms with Crippen LogP contribution in [0, 0.1) is 0 Å². The van der Waals surface area contributed by atoms with Crippen LogP contribution in [0.25, 0.3) is 22.4 Å². The van der Waals surface area contributed by atoms with Gasteiger partial charge in [0.25, 0.3) is 5.91 Å². The van der Waals surface area contributed by atoms with Crippen molar-refractivity contribution in [2.24, 2.45) is 0 Å². The number of ether oxygens (including phenoxy) is 1. The number of amides is 3. The maximum Gasteiger partial charge on any atom is 0.257 e. The molecule has 1 N–H and O–H groups in total. The molecule has 0 radical (unpaired) electrons. The minimum absolute atomic E-state index is 0.186. The molecular formula is C23H17N3O5S. The lowest BCUT2D eigenvalue weighted by Gasteiger charge is -2.14. The zero-order chi connectivity index (χ0) is 22.2. The van der Waals surface area contributed by atoms with E-state index in [9.17, 15) is 14.4 Å². The van der Waals surface area contributed by atoms with Crippen LogP contribution in [-0.2, 0) is 9.59 Å². The number of carbonyl (C=O) groups is 3. The molecule has 160 valence electrons. The first kappa shape index (κ1) is 20.0. The smallest absolute Gasteiger partial charge is 0.257 e. The Labute approximate surface area is 186 Å². The van der Waals surface area contributed by atoms with E-state index >= 15 is 0 Å². The van der Waals surface area contributed by atoms with E-state index in [0.717, 1.165) is 10.3 Å². The SMILES string of the molecule is COc1ccc2cc(-c3csc(NC(=O)c4cccc(N5C(=O)CCC5=O)c4)n3)oc2c1. The van der Waals surface area contributed by atoms with Crippen LogP contribution in [0.5, 0.6) is 5.75 Å². The molecule has 0 unspecified atom stereocenters. The van der Waals surface area contributed by atoms with Crippen LogP contribution < -0.4 is 15.0 Å². The van der Waals surface area contributed by atoms with Crippen LogP contribution in [0.4, 0.5) is 10.8 Å². The van der Waals surface area contributed by atoms with Gasteiger partial charge in [0.05, 0.1) is 12.8 Å². The lowest BCUT2D eigenvalue weighted by molar-refractivity contribution is -0.121. The first-order valence-corrected chi connectivity index (χ1v) is 10.7. The third-order valence-electron chi connectivity index (χ3n) is 5.12. The van der Waals surface area contributed by atoms with Gasteiger partial charge in [-0.2, -0.15) is 0 Å². The molecule has 5 rings (SSSR count). The summed E-state index contributed by atoms with van der Waals surface area (Å²) in [6, 6.07) is 13.8. The molecule has 3 heterocycles. The number of aromatic nitrogens is 1. The van der Waals surface area contributed by atoms with Crippen LogP contribution in [0.3, 0.4) is 0 Å². The van der Waals surface area contributed by atoms with Crippen LogP contribution >= 0.6 is 11.3 Å². The summed E-state index contributed by atoms with van der Waals surface area (Å²) in [6.07, 6.45) is 0.372. The van der Waals surface area contributed by atoms with Crippen molar-refractivity contribution in [1.82, 2.24) is 4.98 Å². The second-order valence-electron chi connectivity index (χ2n) is 7.18. The summed E-state index contributed by atoms with van der Waals surface area (Å²) in [7, 11) is 1.59. The second-order valence-corrected chi connectivity index (χ2v) is 8.04. The lowest BCUT2D eigenvalue weighted by Crippen LogP contribution is -2.28. The van der Waals surface area contributed by atoms with Gasteiger partial charge >= 0.3 is 0 Å². The highest BCUT2D eigenvalue weighted by Gasteiger charge is 2.30. The molecule has 4 aromatic rings. The summed E-state index contributed by atoms with van der Waals surface area (Å²) in [4.78, 5) is 42.3. The number of rotatable bonds is 5. The molecule has 0 spiro atoms. The molecule has 0 bridgehead atoms. The van der Waals surface area contributed by atoms with Crippen molar-refractivity contribution in [3.8, 4) is 17.2 Å². The van der Waals surface area contributed by atoms with E-state index in [4.69, 9.17) is 9.15 Å². The first-order chi connectivity index (χ1) is 15.5. The number of imide groups is 1. The number of hydrogen-bond acceptors (Lipinski definition) is 7. The van der Waals surface area contributed by atoms with E-state index < -0.39 is 0 Å². The molecule has 2 aromatic heterocycles. The van der Waals surface area contributed by atoms with E-state index in [-0.39, 0.29) is 30.6 Å². The molecule has 1 aliphatic rings. The third-order valence-corrected chi connectivity index (χ3v) is 5.88. The maximum atomic E-state index is 12.7. The maximum absolute atomic E-state index is 12.7. The van der Waals surface area contributed by atoms with Crippen LogP contribution in [0.1, 0.15) is 23.2 Å². The number of carbonyl (C=O) groups excluding carboxylic acids is 3. The first-order valence-electron chi connectivity index (χ1n) is 9.82. The van der Waals surface area contributed by atoms with Crippen molar-refractivity contribution in [2.45, 2.75) is 12.8 Å². The van der Waals surface area contributed by atoms with Gasteiger partial charge < -0.3 is 9.15 Å². The van der Waals surface area contributed by atoms with Gasteiger partial charge in [-0.05, 0) is 36.4 Å². The molecule has 1 fully saturated rings. The highest BCUT2D eigenvalue weighted by molar-refractivity contribution is 7.14. The highest BCUT2D eigenvalue weighted by Crippen LogP contribution is 2.32. The van der Waals surface area contributed by atoms with Gasteiger partial charge in [0.2, 0.25) is 11.8 Å². The lowest BCUT2D eigenvalue weighted by atomic mass is 10.2. The van der Waals surface area contributed by atoms with E-state index in [2.05, 4.69) is 10.3 Å². The zero-order valence-corrected chi connectivity index (χ0v) is 17.8. The number of furan rings is 1. The molecule has 32 heavy (non-hydrogen) atoms. The van der Waals surface area contributed by atoms with Gasteiger partial charge in [0.15, 0.2) is 10.9 Å². The fraction of sp³-hybridized carbons (Fsp3) is 0.130. The molecule has 0 aliphatic carbocycles. The molecular weight excluding hydrogens is 430 g/mol. The Morgan fingerprint density at radius 2 is 1.94 bits per heavy atom. The van der Waals surface area contributed by atoms with Crippen molar-refractivity contribution in [2.75, 3.05) is 17.3 Å². The molecule has 9 heteroatoms. The van der Waals surface area contributed by atoms with Gasteiger partial charge in [0.1, 0.15) is 17.0 Å². The number of anilines is 2. The Bertz CT molecular complexity index is 1360. The fourth-order valence-electron chi connectivity index (χ4n) is 3.53. The minimum Gasteiger partial charge on any atom is -0.497 e. The van der Waals surface area contributed by atoms with Crippen molar-refractivity contribution in [3.63, 3.8) is 0 Å². The number of methoxy groups -OCH3 is 1. The van der Waals surface area contributed by atoms with Gasteiger partial charge in [-0.15, -0.1) is 11.3 Å². The number of nitrogens with one attached hydrogen (secondary N) is 1. The molecule has 1 aliphatic heterocycles. The Kier molecular flexibility index (Phi) is 4.95.